The lowest BCUT2D eigenvalue weighted by Crippen LogP contribution is -2.52. The van der Waals surface area contributed by atoms with Crippen molar-refractivity contribution in [2.24, 2.45) is 40.4 Å². The summed E-state index contributed by atoms with van der Waals surface area (Å²) in [5.74, 6) is 5.09. The molecular weight excluding hydrogens is 304 g/mol. The molecule has 4 saturated carbocycles. The van der Waals surface area contributed by atoms with Gasteiger partial charge in [0, 0.05) is 0 Å². The zero-order valence-corrected chi connectivity index (χ0v) is 17.1. The molecule has 144 valence electrons. The van der Waals surface area contributed by atoms with Gasteiger partial charge in [-0.2, -0.15) is 0 Å². The van der Waals surface area contributed by atoms with Crippen LogP contribution in [0.25, 0.3) is 0 Å². The van der Waals surface area contributed by atoms with Crippen LogP contribution in [-0.4, -0.2) is 11.2 Å². The Balaban J connectivity index is 1.48. The molecule has 8 atom stereocenters. The Kier molecular flexibility index (Phi) is 5.02. The van der Waals surface area contributed by atoms with Gasteiger partial charge < -0.3 is 5.11 Å². The van der Waals surface area contributed by atoms with Crippen LogP contribution in [0.4, 0.5) is 0 Å². The van der Waals surface area contributed by atoms with Crippen LogP contribution in [0.2, 0.25) is 0 Å². The Bertz CT molecular complexity index is 471. The van der Waals surface area contributed by atoms with Crippen LogP contribution in [0.15, 0.2) is 0 Å². The van der Waals surface area contributed by atoms with Gasteiger partial charge >= 0.3 is 0 Å². The van der Waals surface area contributed by atoms with Gasteiger partial charge in [0.1, 0.15) is 0 Å². The summed E-state index contributed by atoms with van der Waals surface area (Å²) in [7, 11) is 0. The predicted octanol–water partition coefficient (Wildman–Crippen LogP) is 6.59. The van der Waals surface area contributed by atoms with Crippen molar-refractivity contribution in [3.8, 4) is 0 Å². The maximum atomic E-state index is 9.62. The smallest absolute Gasteiger partial charge is 0.0512 e. The van der Waals surface area contributed by atoms with Crippen LogP contribution in [0, 0.1) is 40.4 Å². The predicted molar refractivity (Wildman–Crippen MR) is 105 cm³/mol. The van der Waals surface area contributed by atoms with Gasteiger partial charge in [0.05, 0.1) is 6.10 Å². The van der Waals surface area contributed by atoms with Gasteiger partial charge in [-0.3, -0.25) is 0 Å². The highest BCUT2D eigenvalue weighted by Gasteiger charge is 2.59. The Morgan fingerprint density at radius 3 is 2.48 bits per heavy atom. The fraction of sp³-hybridized carbons (Fsp3) is 1.00. The van der Waals surface area contributed by atoms with E-state index in [1.807, 2.05) is 6.92 Å². The standard InChI is InChI=1S/C24H42O/c1-17(25)7-6-9-19-11-13-21-20-12-10-18-8-4-5-15-23(18,2)22(20)14-16-24(19,21)3/h17-22,25H,4-16H2,1-3H3. The number of hydrogen-bond donors (Lipinski definition) is 1. The van der Waals surface area contributed by atoms with Crippen LogP contribution in [-0.2, 0) is 0 Å². The van der Waals surface area contributed by atoms with E-state index in [-0.39, 0.29) is 6.10 Å². The molecule has 0 heterocycles. The molecule has 1 nitrogen and oxygen atoms in total. The molecule has 0 spiro atoms. The highest BCUT2D eigenvalue weighted by molar-refractivity contribution is 5.08. The average Bonchev–Trinajstić information content (AvgIpc) is 2.91. The Morgan fingerprint density at radius 1 is 0.880 bits per heavy atom. The van der Waals surface area contributed by atoms with Gasteiger partial charge in [-0.05, 0) is 112 Å². The summed E-state index contributed by atoms with van der Waals surface area (Å²) in [5, 5.41) is 9.62. The summed E-state index contributed by atoms with van der Waals surface area (Å²) < 4.78 is 0. The third-order valence-electron chi connectivity index (χ3n) is 9.95. The van der Waals surface area contributed by atoms with E-state index in [0.717, 1.165) is 36.0 Å². The van der Waals surface area contributed by atoms with E-state index < -0.39 is 0 Å². The van der Waals surface area contributed by atoms with Gasteiger partial charge in [0.15, 0.2) is 0 Å². The van der Waals surface area contributed by atoms with Crippen LogP contribution in [0.3, 0.4) is 0 Å². The van der Waals surface area contributed by atoms with Crippen LogP contribution >= 0.6 is 0 Å². The molecule has 0 aromatic heterocycles. The molecule has 0 bridgehead atoms. The minimum absolute atomic E-state index is 0.109. The van der Waals surface area contributed by atoms with Crippen molar-refractivity contribution < 1.29 is 5.11 Å². The molecule has 0 amide bonds. The lowest BCUT2D eigenvalue weighted by atomic mass is 9.45. The Hall–Kier alpha value is -0.0400. The highest BCUT2D eigenvalue weighted by atomic mass is 16.3. The molecule has 1 N–H and O–H groups in total. The summed E-state index contributed by atoms with van der Waals surface area (Å²) in [5.41, 5.74) is 1.31. The van der Waals surface area contributed by atoms with E-state index in [1.165, 1.54) is 70.6 Å². The molecule has 0 saturated heterocycles. The fourth-order valence-corrected chi connectivity index (χ4v) is 8.54. The first-order valence-corrected chi connectivity index (χ1v) is 11.6. The summed E-state index contributed by atoms with van der Waals surface area (Å²) in [6.07, 6.45) is 18.7. The highest BCUT2D eigenvalue weighted by Crippen LogP contribution is 2.67. The first-order valence-electron chi connectivity index (χ1n) is 11.6. The zero-order valence-electron chi connectivity index (χ0n) is 17.1. The van der Waals surface area contributed by atoms with Gasteiger partial charge in [-0.15, -0.1) is 0 Å². The van der Waals surface area contributed by atoms with E-state index in [2.05, 4.69) is 13.8 Å². The van der Waals surface area contributed by atoms with Gasteiger partial charge in [-0.25, -0.2) is 0 Å². The lowest BCUT2D eigenvalue weighted by Gasteiger charge is -2.60. The number of rotatable bonds is 4. The molecule has 4 fully saturated rings. The first kappa shape index (κ1) is 18.3. The molecule has 4 aliphatic carbocycles. The quantitative estimate of drug-likeness (QED) is 0.609. The molecule has 4 aliphatic rings. The van der Waals surface area contributed by atoms with Crippen LogP contribution in [0.1, 0.15) is 104 Å². The maximum absolute atomic E-state index is 9.62. The molecule has 8 unspecified atom stereocenters. The summed E-state index contributed by atoms with van der Waals surface area (Å²) in [4.78, 5) is 0. The lowest BCUT2D eigenvalue weighted by molar-refractivity contribution is -0.111. The second kappa shape index (κ2) is 6.84. The molecule has 4 rings (SSSR count). The second-order valence-corrected chi connectivity index (χ2v) is 11.0. The molecule has 0 radical (unpaired) electrons. The average molecular weight is 347 g/mol. The fourth-order valence-electron chi connectivity index (χ4n) is 8.54. The molecule has 0 aromatic carbocycles. The van der Waals surface area contributed by atoms with E-state index >= 15 is 0 Å². The van der Waals surface area contributed by atoms with E-state index in [4.69, 9.17) is 0 Å². The second-order valence-electron chi connectivity index (χ2n) is 11.0. The third kappa shape index (κ3) is 3.01. The zero-order chi connectivity index (χ0) is 17.7. The number of aliphatic hydroxyl groups excluding tert-OH is 1. The summed E-state index contributed by atoms with van der Waals surface area (Å²) in [6, 6.07) is 0. The summed E-state index contributed by atoms with van der Waals surface area (Å²) >= 11 is 0. The Morgan fingerprint density at radius 2 is 1.68 bits per heavy atom. The van der Waals surface area contributed by atoms with E-state index in [1.54, 1.807) is 6.42 Å². The topological polar surface area (TPSA) is 20.2 Å². The van der Waals surface area contributed by atoms with Gasteiger partial charge in [-0.1, -0.05) is 33.1 Å². The Labute approximate surface area is 156 Å². The van der Waals surface area contributed by atoms with Crippen molar-refractivity contribution in [2.45, 2.75) is 110 Å². The van der Waals surface area contributed by atoms with Crippen molar-refractivity contribution in [3.05, 3.63) is 0 Å². The first-order chi connectivity index (χ1) is 11.9. The number of fused-ring (bicyclic) bond motifs is 5. The van der Waals surface area contributed by atoms with Crippen molar-refractivity contribution in [1.29, 1.82) is 0 Å². The van der Waals surface area contributed by atoms with Crippen molar-refractivity contribution in [1.82, 2.24) is 0 Å². The van der Waals surface area contributed by atoms with Gasteiger partial charge in [0.2, 0.25) is 0 Å². The van der Waals surface area contributed by atoms with E-state index in [9.17, 15) is 5.11 Å². The van der Waals surface area contributed by atoms with Crippen LogP contribution in [0.5, 0.6) is 0 Å². The maximum Gasteiger partial charge on any atom is 0.0512 e. The minimum atomic E-state index is -0.109. The summed E-state index contributed by atoms with van der Waals surface area (Å²) in [6.45, 7) is 7.32. The number of aliphatic hydroxyl groups is 1. The SMILES string of the molecule is CC(O)CCCC1CCC2C3CCC4CCCCC4(C)C3CCC12C. The van der Waals surface area contributed by atoms with Crippen molar-refractivity contribution in [3.63, 3.8) is 0 Å². The monoisotopic (exact) mass is 346 g/mol. The van der Waals surface area contributed by atoms with Crippen molar-refractivity contribution in [2.75, 3.05) is 0 Å². The molecule has 25 heavy (non-hydrogen) atoms. The van der Waals surface area contributed by atoms with Gasteiger partial charge in [0.25, 0.3) is 0 Å². The van der Waals surface area contributed by atoms with Crippen LogP contribution < -0.4 is 0 Å². The normalized spacial score (nSPS) is 50.6. The number of hydrogen-bond acceptors (Lipinski definition) is 1. The minimum Gasteiger partial charge on any atom is -0.393 e. The molecule has 1 heteroatoms. The third-order valence-corrected chi connectivity index (χ3v) is 9.95. The largest absolute Gasteiger partial charge is 0.393 e. The molecule has 0 aliphatic heterocycles. The molecule has 0 aromatic rings. The van der Waals surface area contributed by atoms with Crippen molar-refractivity contribution >= 4 is 0 Å². The molecular formula is C24H42O. The van der Waals surface area contributed by atoms with E-state index in [0.29, 0.717) is 10.8 Å².